The van der Waals surface area contributed by atoms with Crippen LogP contribution >= 0.6 is 0 Å². The molecule has 0 radical (unpaired) electrons. The van der Waals surface area contributed by atoms with Gasteiger partial charge in [0.05, 0.1) is 16.7 Å². The van der Waals surface area contributed by atoms with E-state index in [1.54, 1.807) is 0 Å². The van der Waals surface area contributed by atoms with Crippen molar-refractivity contribution in [1.29, 1.82) is 0 Å². The number of aliphatic imine (C=N–C) groups is 1. The van der Waals surface area contributed by atoms with Crippen LogP contribution < -0.4 is 0 Å². The van der Waals surface area contributed by atoms with Crippen molar-refractivity contribution in [1.82, 2.24) is 4.57 Å². The molecule has 0 aliphatic heterocycles. The van der Waals surface area contributed by atoms with Crippen molar-refractivity contribution in [2.75, 3.05) is 0 Å². The van der Waals surface area contributed by atoms with Crippen LogP contribution in [0.3, 0.4) is 0 Å². The molecule has 5 aromatic rings. The highest BCUT2D eigenvalue weighted by Crippen LogP contribution is 2.34. The molecule has 2 heteroatoms. The predicted molar refractivity (Wildman–Crippen MR) is 134 cm³/mol. The minimum absolute atomic E-state index is 0.914. The molecule has 0 bridgehead atoms. The van der Waals surface area contributed by atoms with Gasteiger partial charge < -0.3 is 4.57 Å². The Balaban J connectivity index is 1.74. The SMILES string of the molecule is C=N/C(=C(\C)c1ccccc1C)c1cccc(-n2c3ccccc3c3ccccc32)c1. The fraction of sp³-hybridized carbons (Fsp3) is 0.0690. The third-order valence-corrected chi connectivity index (χ3v) is 6.02. The van der Waals surface area contributed by atoms with Crippen molar-refractivity contribution in [3.8, 4) is 5.69 Å². The molecular weight excluding hydrogens is 376 g/mol. The zero-order chi connectivity index (χ0) is 21.4. The van der Waals surface area contributed by atoms with Gasteiger partial charge in [-0.05, 0) is 61.5 Å². The van der Waals surface area contributed by atoms with Crippen molar-refractivity contribution in [3.05, 3.63) is 114 Å². The van der Waals surface area contributed by atoms with E-state index in [0.717, 1.165) is 22.5 Å². The number of rotatable bonds is 4. The average Bonchev–Trinajstić information content (AvgIpc) is 3.14. The Hall–Kier alpha value is -3.91. The van der Waals surface area contributed by atoms with E-state index in [9.17, 15) is 0 Å². The average molecular weight is 401 g/mol. The van der Waals surface area contributed by atoms with Gasteiger partial charge in [-0.25, -0.2) is 0 Å². The van der Waals surface area contributed by atoms with E-state index in [4.69, 9.17) is 0 Å². The van der Waals surface area contributed by atoms with Gasteiger partial charge in [-0.15, -0.1) is 0 Å². The molecule has 0 saturated carbocycles. The first-order chi connectivity index (χ1) is 15.2. The monoisotopic (exact) mass is 400 g/mol. The number of aryl methyl sites for hydroxylation is 1. The van der Waals surface area contributed by atoms with Crippen LogP contribution in [0.4, 0.5) is 0 Å². The molecule has 1 aromatic heterocycles. The predicted octanol–water partition coefficient (Wildman–Crippen LogP) is 7.68. The third-order valence-electron chi connectivity index (χ3n) is 6.02. The second kappa shape index (κ2) is 7.73. The van der Waals surface area contributed by atoms with Gasteiger partial charge in [-0.3, -0.25) is 4.99 Å². The van der Waals surface area contributed by atoms with Gasteiger partial charge in [0.1, 0.15) is 0 Å². The lowest BCUT2D eigenvalue weighted by Gasteiger charge is -2.13. The number of aromatic nitrogens is 1. The summed E-state index contributed by atoms with van der Waals surface area (Å²) in [5.41, 5.74) is 9.07. The van der Waals surface area contributed by atoms with Gasteiger partial charge in [0, 0.05) is 22.0 Å². The molecule has 0 aliphatic carbocycles. The molecule has 2 nitrogen and oxygen atoms in total. The number of para-hydroxylation sites is 2. The molecule has 31 heavy (non-hydrogen) atoms. The largest absolute Gasteiger partial charge is 0.309 e. The van der Waals surface area contributed by atoms with E-state index in [1.165, 1.54) is 32.9 Å². The summed E-state index contributed by atoms with van der Waals surface area (Å²) in [6.45, 7) is 8.15. The molecule has 0 aliphatic rings. The summed E-state index contributed by atoms with van der Waals surface area (Å²) >= 11 is 0. The lowest BCUT2D eigenvalue weighted by atomic mass is 9.97. The van der Waals surface area contributed by atoms with E-state index in [2.05, 4.69) is 127 Å². The van der Waals surface area contributed by atoms with Gasteiger partial charge in [-0.2, -0.15) is 0 Å². The first-order valence-corrected chi connectivity index (χ1v) is 10.5. The van der Waals surface area contributed by atoms with Crippen LogP contribution in [0.5, 0.6) is 0 Å². The Morgan fingerprint density at radius 3 is 2.00 bits per heavy atom. The molecule has 1 heterocycles. The Morgan fingerprint density at radius 2 is 1.35 bits per heavy atom. The summed E-state index contributed by atoms with van der Waals surface area (Å²) in [6.07, 6.45) is 0. The van der Waals surface area contributed by atoms with Crippen LogP contribution in [0.15, 0.2) is 102 Å². The van der Waals surface area contributed by atoms with E-state index in [-0.39, 0.29) is 0 Å². The third kappa shape index (κ3) is 3.17. The Kier molecular flexibility index (Phi) is 4.76. The highest BCUT2D eigenvalue weighted by Gasteiger charge is 2.13. The summed E-state index contributed by atoms with van der Waals surface area (Å²) in [6, 6.07) is 34.1. The van der Waals surface area contributed by atoms with Crippen LogP contribution in [0.2, 0.25) is 0 Å². The maximum Gasteiger partial charge on any atom is 0.0730 e. The number of nitrogens with zero attached hydrogens (tertiary/aromatic N) is 2. The standard InChI is InChI=1S/C29H24N2/c1-20-11-4-5-14-24(20)21(2)29(30-3)22-12-10-13-23(19-22)31-27-17-8-6-15-25(27)26-16-7-9-18-28(26)31/h4-19H,3H2,1-2H3/b29-21+. The quantitative estimate of drug-likeness (QED) is 0.217. The van der Waals surface area contributed by atoms with E-state index in [0.29, 0.717) is 0 Å². The molecule has 0 saturated heterocycles. The van der Waals surface area contributed by atoms with E-state index in [1.807, 2.05) is 0 Å². The number of hydrogen-bond acceptors (Lipinski definition) is 1. The fourth-order valence-electron chi connectivity index (χ4n) is 4.54. The summed E-state index contributed by atoms with van der Waals surface area (Å²) < 4.78 is 2.33. The van der Waals surface area contributed by atoms with Gasteiger partial charge >= 0.3 is 0 Å². The molecule has 4 aromatic carbocycles. The van der Waals surface area contributed by atoms with Crippen LogP contribution in [-0.4, -0.2) is 11.3 Å². The molecular formula is C29H24N2. The Morgan fingerprint density at radius 1 is 0.742 bits per heavy atom. The van der Waals surface area contributed by atoms with Crippen molar-refractivity contribution >= 4 is 39.8 Å². The second-order valence-electron chi connectivity index (χ2n) is 7.87. The van der Waals surface area contributed by atoms with Crippen LogP contribution in [-0.2, 0) is 0 Å². The van der Waals surface area contributed by atoms with Gasteiger partial charge in [0.15, 0.2) is 0 Å². The minimum atomic E-state index is 0.914. The maximum absolute atomic E-state index is 4.44. The number of fused-ring (bicyclic) bond motifs is 3. The smallest absolute Gasteiger partial charge is 0.0730 e. The van der Waals surface area contributed by atoms with Crippen LogP contribution in [0, 0.1) is 6.92 Å². The molecule has 0 N–H and O–H groups in total. The maximum atomic E-state index is 4.44. The summed E-state index contributed by atoms with van der Waals surface area (Å²) in [7, 11) is 0. The Bertz CT molecular complexity index is 1410. The first-order valence-electron chi connectivity index (χ1n) is 10.5. The molecule has 0 amide bonds. The highest BCUT2D eigenvalue weighted by molar-refractivity contribution is 6.09. The van der Waals surface area contributed by atoms with E-state index < -0.39 is 0 Å². The normalized spacial score (nSPS) is 12.2. The van der Waals surface area contributed by atoms with Crippen LogP contribution in [0.1, 0.15) is 23.6 Å². The lowest BCUT2D eigenvalue weighted by Crippen LogP contribution is -1.96. The van der Waals surface area contributed by atoms with E-state index >= 15 is 0 Å². The molecule has 0 fully saturated rings. The molecule has 0 spiro atoms. The molecule has 5 rings (SSSR count). The fourth-order valence-corrected chi connectivity index (χ4v) is 4.54. The van der Waals surface area contributed by atoms with Gasteiger partial charge in [0.25, 0.3) is 0 Å². The van der Waals surface area contributed by atoms with Gasteiger partial charge in [0.2, 0.25) is 0 Å². The second-order valence-corrected chi connectivity index (χ2v) is 7.87. The minimum Gasteiger partial charge on any atom is -0.309 e. The summed E-state index contributed by atoms with van der Waals surface area (Å²) in [5, 5.41) is 2.52. The summed E-state index contributed by atoms with van der Waals surface area (Å²) in [5.74, 6) is 0. The molecule has 150 valence electrons. The molecule has 0 unspecified atom stereocenters. The lowest BCUT2D eigenvalue weighted by molar-refractivity contribution is 1.18. The Labute approximate surface area is 182 Å². The van der Waals surface area contributed by atoms with Crippen molar-refractivity contribution in [3.63, 3.8) is 0 Å². The first kappa shape index (κ1) is 19.1. The number of allylic oxidation sites excluding steroid dienone is 1. The zero-order valence-corrected chi connectivity index (χ0v) is 17.8. The van der Waals surface area contributed by atoms with Crippen molar-refractivity contribution < 1.29 is 0 Å². The number of hydrogen-bond donors (Lipinski definition) is 0. The summed E-state index contributed by atoms with van der Waals surface area (Å²) in [4.78, 5) is 4.44. The van der Waals surface area contributed by atoms with Crippen molar-refractivity contribution in [2.45, 2.75) is 13.8 Å². The number of benzene rings is 4. The zero-order valence-electron chi connectivity index (χ0n) is 17.8. The topological polar surface area (TPSA) is 17.3 Å². The van der Waals surface area contributed by atoms with Crippen LogP contribution in [0.25, 0.3) is 38.8 Å². The van der Waals surface area contributed by atoms with Crippen molar-refractivity contribution in [2.24, 2.45) is 4.99 Å². The highest BCUT2D eigenvalue weighted by atomic mass is 15.0. The van der Waals surface area contributed by atoms with Gasteiger partial charge in [-0.1, -0.05) is 72.8 Å². The molecule has 0 atom stereocenters.